The summed E-state index contributed by atoms with van der Waals surface area (Å²) in [6.07, 6.45) is 24.2. The molecule has 0 nitrogen and oxygen atoms in total. The van der Waals surface area contributed by atoms with E-state index in [0.717, 1.165) is 24.3 Å². The van der Waals surface area contributed by atoms with E-state index in [0.29, 0.717) is 0 Å². The minimum Gasteiger partial charge on any atom is -0.0918 e. The van der Waals surface area contributed by atoms with Crippen LogP contribution in [0.1, 0.15) is 39.5 Å². The lowest BCUT2D eigenvalue weighted by atomic mass is 10.1. The average molecular weight is 278 g/mol. The minimum absolute atomic E-state index is 0.766. The van der Waals surface area contributed by atoms with Crippen molar-refractivity contribution in [3.8, 4) is 0 Å². The van der Waals surface area contributed by atoms with Gasteiger partial charge in [-0.25, -0.2) is 0 Å². The van der Waals surface area contributed by atoms with Crippen LogP contribution in [0.5, 0.6) is 0 Å². The molecule has 2 rings (SSSR count). The smallest absolute Gasteiger partial charge is 0.0247 e. The van der Waals surface area contributed by atoms with E-state index < -0.39 is 0 Å². The van der Waals surface area contributed by atoms with E-state index in [1.165, 1.54) is 29.6 Å². The quantitative estimate of drug-likeness (QED) is 0.492. The minimum atomic E-state index is 0.766. The third-order valence-corrected chi connectivity index (χ3v) is 3.99. The molecule has 110 valence electrons. The fourth-order valence-corrected chi connectivity index (χ4v) is 2.78. The van der Waals surface area contributed by atoms with Gasteiger partial charge >= 0.3 is 0 Å². The standard InChI is InChI=1S/C21H26/c1-17-9-5-4-6-12-20-15-19(3)16-21(20)14-13-18(2)11-8-7-10-17/h4-7,9-10,12-14,19H,1,8,11,15-16H2,2-3H3/b6-4-,9-5?,10-7-,18-13+,20-12-,21-14-. The van der Waals surface area contributed by atoms with Gasteiger partial charge in [0.15, 0.2) is 0 Å². The van der Waals surface area contributed by atoms with Crippen molar-refractivity contribution in [3.63, 3.8) is 0 Å². The molecule has 0 radical (unpaired) electrons. The first kappa shape index (κ1) is 15.6. The van der Waals surface area contributed by atoms with Crippen LogP contribution in [0.25, 0.3) is 0 Å². The van der Waals surface area contributed by atoms with Crippen molar-refractivity contribution in [2.75, 3.05) is 0 Å². The highest BCUT2D eigenvalue weighted by molar-refractivity contribution is 5.41. The molecule has 0 aromatic rings. The first-order valence-electron chi connectivity index (χ1n) is 7.91. The van der Waals surface area contributed by atoms with Crippen molar-refractivity contribution in [2.45, 2.75) is 39.5 Å². The van der Waals surface area contributed by atoms with Gasteiger partial charge in [-0.15, -0.1) is 0 Å². The maximum absolute atomic E-state index is 4.04. The highest BCUT2D eigenvalue weighted by atomic mass is 14.2. The maximum atomic E-state index is 4.04. The van der Waals surface area contributed by atoms with Gasteiger partial charge in [-0.3, -0.25) is 0 Å². The summed E-state index contributed by atoms with van der Waals surface area (Å²) in [4.78, 5) is 0. The number of allylic oxidation sites excluding steroid dienone is 13. The van der Waals surface area contributed by atoms with Gasteiger partial charge in [-0.1, -0.05) is 73.8 Å². The normalized spacial score (nSPS) is 34.3. The van der Waals surface area contributed by atoms with Crippen LogP contribution in [0, 0.1) is 5.92 Å². The predicted molar refractivity (Wildman–Crippen MR) is 94.1 cm³/mol. The summed E-state index contributed by atoms with van der Waals surface area (Å²) in [5, 5.41) is 0. The van der Waals surface area contributed by atoms with E-state index in [1.807, 2.05) is 0 Å². The zero-order valence-corrected chi connectivity index (χ0v) is 13.3. The van der Waals surface area contributed by atoms with Crippen molar-refractivity contribution in [1.82, 2.24) is 0 Å². The maximum Gasteiger partial charge on any atom is -0.0247 e. The number of hydrogen-bond donors (Lipinski definition) is 0. The Kier molecular flexibility index (Phi) is 5.80. The van der Waals surface area contributed by atoms with Crippen LogP contribution in [0.3, 0.4) is 0 Å². The molecular formula is C21H26. The molecule has 0 heterocycles. The van der Waals surface area contributed by atoms with E-state index in [2.05, 4.69) is 75.1 Å². The van der Waals surface area contributed by atoms with Gasteiger partial charge in [0.25, 0.3) is 0 Å². The Morgan fingerprint density at radius 2 is 1.71 bits per heavy atom. The zero-order chi connectivity index (χ0) is 15.1. The van der Waals surface area contributed by atoms with Crippen LogP contribution in [0.15, 0.2) is 83.6 Å². The highest BCUT2D eigenvalue weighted by Crippen LogP contribution is 2.35. The SMILES string of the molecule is C=C1C=C\C=C/C=C2/CC(C)C/C2=C/C=C(\C)CC/C=C\1. The summed E-state index contributed by atoms with van der Waals surface area (Å²) in [6, 6.07) is 0. The van der Waals surface area contributed by atoms with E-state index >= 15 is 0 Å². The fourth-order valence-electron chi connectivity index (χ4n) is 2.78. The summed E-state index contributed by atoms with van der Waals surface area (Å²) in [6.45, 7) is 8.59. The van der Waals surface area contributed by atoms with Crippen molar-refractivity contribution in [3.05, 3.63) is 83.6 Å². The molecule has 2 aliphatic carbocycles. The van der Waals surface area contributed by atoms with Crippen molar-refractivity contribution in [1.29, 1.82) is 0 Å². The molecule has 0 spiro atoms. The Morgan fingerprint density at radius 1 is 0.952 bits per heavy atom. The Labute approximate surface area is 129 Å². The zero-order valence-electron chi connectivity index (χ0n) is 13.3. The average Bonchev–Trinajstić information content (AvgIpc) is 2.80. The molecule has 1 unspecified atom stereocenters. The molecule has 0 heteroatoms. The van der Waals surface area contributed by atoms with Gasteiger partial charge in [0.05, 0.1) is 0 Å². The monoisotopic (exact) mass is 278 g/mol. The molecule has 2 aliphatic rings. The van der Waals surface area contributed by atoms with Gasteiger partial charge in [0.1, 0.15) is 0 Å². The summed E-state index contributed by atoms with van der Waals surface area (Å²) < 4.78 is 0. The van der Waals surface area contributed by atoms with Crippen LogP contribution >= 0.6 is 0 Å². The van der Waals surface area contributed by atoms with E-state index in [4.69, 9.17) is 0 Å². The van der Waals surface area contributed by atoms with Crippen LogP contribution in [-0.2, 0) is 0 Å². The van der Waals surface area contributed by atoms with Crippen LogP contribution in [0.2, 0.25) is 0 Å². The summed E-state index contributed by atoms with van der Waals surface area (Å²) in [7, 11) is 0. The largest absolute Gasteiger partial charge is 0.0918 e. The first-order valence-corrected chi connectivity index (χ1v) is 7.91. The van der Waals surface area contributed by atoms with Gasteiger partial charge in [-0.2, -0.15) is 0 Å². The first-order chi connectivity index (χ1) is 10.1. The Morgan fingerprint density at radius 3 is 2.52 bits per heavy atom. The summed E-state index contributed by atoms with van der Waals surface area (Å²) in [5.74, 6) is 0.766. The number of hydrogen-bond acceptors (Lipinski definition) is 0. The molecule has 0 bridgehead atoms. The lowest BCUT2D eigenvalue weighted by Crippen LogP contribution is -1.81. The van der Waals surface area contributed by atoms with E-state index in [1.54, 1.807) is 0 Å². The Hall–Kier alpha value is -1.82. The Bertz CT molecular complexity index is 559. The van der Waals surface area contributed by atoms with Crippen molar-refractivity contribution >= 4 is 0 Å². The molecule has 0 aromatic heterocycles. The third kappa shape index (κ3) is 5.23. The molecule has 0 saturated heterocycles. The van der Waals surface area contributed by atoms with Gasteiger partial charge in [-0.05, 0) is 55.2 Å². The molecule has 21 heavy (non-hydrogen) atoms. The molecule has 1 atom stereocenters. The predicted octanol–water partition coefficient (Wildman–Crippen LogP) is 6.23. The second-order valence-electron chi connectivity index (χ2n) is 6.17. The Balaban J connectivity index is 2.26. The molecular weight excluding hydrogens is 252 g/mol. The molecule has 1 saturated carbocycles. The lowest BCUT2D eigenvalue weighted by Gasteiger charge is -2.00. The lowest BCUT2D eigenvalue weighted by molar-refractivity contribution is 0.640. The molecule has 0 amide bonds. The number of fused-ring (bicyclic) bond motifs is 1. The molecule has 1 fully saturated rings. The fraction of sp³-hybridized carbons (Fsp3) is 0.333. The van der Waals surface area contributed by atoms with Crippen LogP contribution in [0.4, 0.5) is 0 Å². The number of rotatable bonds is 0. The highest BCUT2D eigenvalue weighted by Gasteiger charge is 2.19. The topological polar surface area (TPSA) is 0 Å². The van der Waals surface area contributed by atoms with Crippen LogP contribution in [-0.4, -0.2) is 0 Å². The van der Waals surface area contributed by atoms with Gasteiger partial charge in [0, 0.05) is 0 Å². The molecule has 0 aliphatic heterocycles. The van der Waals surface area contributed by atoms with Gasteiger partial charge < -0.3 is 0 Å². The molecule has 0 N–H and O–H groups in total. The van der Waals surface area contributed by atoms with Crippen LogP contribution < -0.4 is 0 Å². The second-order valence-corrected chi connectivity index (χ2v) is 6.17. The van der Waals surface area contributed by atoms with Crippen molar-refractivity contribution in [2.24, 2.45) is 5.92 Å². The summed E-state index contributed by atoms with van der Waals surface area (Å²) in [5.41, 5.74) is 5.49. The van der Waals surface area contributed by atoms with E-state index in [9.17, 15) is 0 Å². The van der Waals surface area contributed by atoms with E-state index in [-0.39, 0.29) is 0 Å². The van der Waals surface area contributed by atoms with Crippen molar-refractivity contribution < 1.29 is 0 Å². The third-order valence-electron chi connectivity index (χ3n) is 3.99. The second kappa shape index (κ2) is 7.83. The summed E-state index contributed by atoms with van der Waals surface area (Å²) >= 11 is 0. The molecule has 0 aromatic carbocycles. The van der Waals surface area contributed by atoms with Gasteiger partial charge in [0.2, 0.25) is 0 Å².